The van der Waals surface area contributed by atoms with Crippen molar-refractivity contribution >= 4 is 5.78 Å². The largest absolute Gasteiger partial charge is 0.497 e. The van der Waals surface area contributed by atoms with Crippen molar-refractivity contribution in [2.75, 3.05) is 13.7 Å². The summed E-state index contributed by atoms with van der Waals surface area (Å²) in [7, 11) is 1.63. The van der Waals surface area contributed by atoms with Gasteiger partial charge in [0.05, 0.1) is 13.2 Å². The van der Waals surface area contributed by atoms with E-state index in [1.807, 2.05) is 31.2 Å². The average molecular weight is 261 g/mol. The van der Waals surface area contributed by atoms with Gasteiger partial charge in [-0.1, -0.05) is 6.42 Å². The maximum atomic E-state index is 12.5. The van der Waals surface area contributed by atoms with E-state index in [4.69, 9.17) is 4.74 Å². The number of carbonyl (C=O) groups is 1. The number of rotatable bonds is 4. The molecule has 0 radical (unpaired) electrons. The van der Waals surface area contributed by atoms with E-state index in [2.05, 4.69) is 11.8 Å². The molecule has 19 heavy (non-hydrogen) atoms. The van der Waals surface area contributed by atoms with Gasteiger partial charge < -0.3 is 4.74 Å². The normalized spacial score (nSPS) is 21.9. The number of piperidine rings is 1. The summed E-state index contributed by atoms with van der Waals surface area (Å²) in [6, 6.07) is 7.87. The molecule has 104 valence electrons. The zero-order chi connectivity index (χ0) is 13.8. The standard InChI is InChI=1S/C16H23NO2/c1-12-6-4-5-11-17(12)13(2)16(18)14-7-9-15(19-3)10-8-14/h7-10,12-13H,4-6,11H2,1-3H3. The molecular formula is C16H23NO2. The summed E-state index contributed by atoms with van der Waals surface area (Å²) in [6.45, 7) is 5.27. The first kappa shape index (κ1) is 14.1. The molecule has 3 nitrogen and oxygen atoms in total. The fourth-order valence-electron chi connectivity index (χ4n) is 2.84. The Morgan fingerprint density at radius 2 is 2.00 bits per heavy atom. The van der Waals surface area contributed by atoms with Crippen molar-refractivity contribution in [3.8, 4) is 5.75 Å². The van der Waals surface area contributed by atoms with E-state index in [9.17, 15) is 4.79 Å². The molecule has 0 aliphatic carbocycles. The quantitative estimate of drug-likeness (QED) is 0.780. The molecule has 0 saturated carbocycles. The SMILES string of the molecule is COc1ccc(C(=O)C(C)N2CCCCC2C)cc1. The first-order valence-corrected chi connectivity index (χ1v) is 7.07. The van der Waals surface area contributed by atoms with E-state index >= 15 is 0 Å². The van der Waals surface area contributed by atoms with Crippen molar-refractivity contribution in [2.24, 2.45) is 0 Å². The third-order valence-corrected chi connectivity index (χ3v) is 4.11. The van der Waals surface area contributed by atoms with Crippen LogP contribution in [0.4, 0.5) is 0 Å². The van der Waals surface area contributed by atoms with Crippen LogP contribution < -0.4 is 4.74 Å². The predicted molar refractivity (Wildman–Crippen MR) is 76.8 cm³/mol. The molecule has 1 aliphatic rings. The number of nitrogens with zero attached hydrogens (tertiary/aromatic N) is 1. The highest BCUT2D eigenvalue weighted by molar-refractivity contribution is 5.99. The van der Waals surface area contributed by atoms with Crippen molar-refractivity contribution in [1.82, 2.24) is 4.90 Å². The van der Waals surface area contributed by atoms with Crippen LogP contribution in [0.3, 0.4) is 0 Å². The lowest BCUT2D eigenvalue weighted by molar-refractivity contribution is 0.0701. The molecule has 3 heteroatoms. The number of benzene rings is 1. The molecule has 1 fully saturated rings. The summed E-state index contributed by atoms with van der Waals surface area (Å²) in [6.07, 6.45) is 3.67. The number of hydrogen-bond acceptors (Lipinski definition) is 3. The Bertz CT molecular complexity index is 427. The van der Waals surface area contributed by atoms with Crippen LogP contribution in [0.2, 0.25) is 0 Å². The molecule has 0 N–H and O–H groups in total. The minimum atomic E-state index is -0.0382. The number of ether oxygens (including phenoxy) is 1. The van der Waals surface area contributed by atoms with E-state index < -0.39 is 0 Å². The van der Waals surface area contributed by atoms with E-state index in [0.29, 0.717) is 6.04 Å². The molecule has 0 aromatic heterocycles. The lowest BCUT2D eigenvalue weighted by Crippen LogP contribution is -2.47. The Labute approximate surface area is 115 Å². The number of likely N-dealkylation sites (tertiary alicyclic amines) is 1. The van der Waals surface area contributed by atoms with Crippen molar-refractivity contribution in [3.05, 3.63) is 29.8 Å². The van der Waals surface area contributed by atoms with Gasteiger partial charge >= 0.3 is 0 Å². The topological polar surface area (TPSA) is 29.5 Å². The number of ketones is 1. The first-order valence-electron chi connectivity index (χ1n) is 7.07. The number of hydrogen-bond donors (Lipinski definition) is 0. The molecule has 1 heterocycles. The average Bonchev–Trinajstić information content (AvgIpc) is 2.46. The molecule has 0 amide bonds. The van der Waals surface area contributed by atoms with Crippen molar-refractivity contribution in [2.45, 2.75) is 45.2 Å². The maximum absolute atomic E-state index is 12.5. The van der Waals surface area contributed by atoms with Crippen LogP contribution in [-0.4, -0.2) is 36.4 Å². The van der Waals surface area contributed by atoms with Gasteiger partial charge in [-0.05, 0) is 57.5 Å². The second-order valence-corrected chi connectivity index (χ2v) is 5.35. The molecular weight excluding hydrogens is 238 g/mol. The fraction of sp³-hybridized carbons (Fsp3) is 0.562. The summed E-state index contributed by atoms with van der Waals surface area (Å²) in [5.74, 6) is 0.993. The Morgan fingerprint density at radius 1 is 1.32 bits per heavy atom. The predicted octanol–water partition coefficient (Wildman–Crippen LogP) is 3.14. The minimum absolute atomic E-state index is 0.0382. The summed E-state index contributed by atoms with van der Waals surface area (Å²) >= 11 is 0. The summed E-state index contributed by atoms with van der Waals surface area (Å²) < 4.78 is 5.12. The number of Topliss-reactive ketones (excluding diaryl/α,β-unsaturated/α-hetero) is 1. The molecule has 1 aliphatic heterocycles. The second kappa shape index (κ2) is 6.20. The van der Waals surface area contributed by atoms with Crippen LogP contribution in [-0.2, 0) is 0 Å². The summed E-state index contributed by atoms with van der Waals surface area (Å²) in [5, 5.41) is 0. The molecule has 2 atom stereocenters. The highest BCUT2D eigenvalue weighted by atomic mass is 16.5. The molecule has 0 spiro atoms. The van der Waals surface area contributed by atoms with E-state index in [1.54, 1.807) is 7.11 Å². The van der Waals surface area contributed by atoms with Crippen LogP contribution in [0.5, 0.6) is 5.75 Å². The van der Waals surface area contributed by atoms with Crippen molar-refractivity contribution in [3.63, 3.8) is 0 Å². The smallest absolute Gasteiger partial charge is 0.179 e. The van der Waals surface area contributed by atoms with Gasteiger partial charge in [-0.25, -0.2) is 0 Å². The van der Waals surface area contributed by atoms with Gasteiger partial charge in [-0.3, -0.25) is 9.69 Å². The second-order valence-electron chi connectivity index (χ2n) is 5.35. The zero-order valence-electron chi connectivity index (χ0n) is 12.1. The molecule has 1 aromatic carbocycles. The highest BCUT2D eigenvalue weighted by Crippen LogP contribution is 2.21. The highest BCUT2D eigenvalue weighted by Gasteiger charge is 2.28. The summed E-state index contributed by atoms with van der Waals surface area (Å²) in [4.78, 5) is 14.8. The third-order valence-electron chi connectivity index (χ3n) is 4.11. The molecule has 0 bridgehead atoms. The number of carbonyl (C=O) groups excluding carboxylic acids is 1. The zero-order valence-corrected chi connectivity index (χ0v) is 12.1. The van der Waals surface area contributed by atoms with Crippen LogP contribution >= 0.6 is 0 Å². The Hall–Kier alpha value is -1.35. The Kier molecular flexibility index (Phi) is 4.59. The van der Waals surface area contributed by atoms with Gasteiger partial charge in [0.15, 0.2) is 5.78 Å². The molecule has 2 rings (SSSR count). The van der Waals surface area contributed by atoms with E-state index in [0.717, 1.165) is 17.9 Å². The molecule has 2 unspecified atom stereocenters. The maximum Gasteiger partial charge on any atom is 0.179 e. The fourth-order valence-corrected chi connectivity index (χ4v) is 2.84. The van der Waals surface area contributed by atoms with Gasteiger partial charge in [-0.2, -0.15) is 0 Å². The Balaban J connectivity index is 2.08. The lowest BCUT2D eigenvalue weighted by atomic mass is 9.97. The number of methoxy groups -OCH3 is 1. The van der Waals surface area contributed by atoms with Crippen molar-refractivity contribution in [1.29, 1.82) is 0 Å². The van der Waals surface area contributed by atoms with Gasteiger partial charge in [0.1, 0.15) is 5.75 Å². The van der Waals surface area contributed by atoms with Gasteiger partial charge in [0.2, 0.25) is 0 Å². The molecule has 1 aromatic rings. The third kappa shape index (κ3) is 3.16. The minimum Gasteiger partial charge on any atom is -0.497 e. The first-order chi connectivity index (χ1) is 9.13. The van der Waals surface area contributed by atoms with Gasteiger partial charge in [0.25, 0.3) is 0 Å². The van der Waals surface area contributed by atoms with E-state index in [-0.39, 0.29) is 11.8 Å². The van der Waals surface area contributed by atoms with E-state index in [1.165, 1.54) is 19.3 Å². The monoisotopic (exact) mass is 261 g/mol. The molecule has 1 saturated heterocycles. The van der Waals surface area contributed by atoms with Crippen LogP contribution in [0.15, 0.2) is 24.3 Å². The van der Waals surface area contributed by atoms with Crippen LogP contribution in [0, 0.1) is 0 Å². The van der Waals surface area contributed by atoms with Crippen molar-refractivity contribution < 1.29 is 9.53 Å². The van der Waals surface area contributed by atoms with Crippen LogP contribution in [0.1, 0.15) is 43.5 Å². The van der Waals surface area contributed by atoms with Gasteiger partial charge in [0, 0.05) is 11.6 Å². The van der Waals surface area contributed by atoms with Gasteiger partial charge in [-0.15, -0.1) is 0 Å². The van der Waals surface area contributed by atoms with Crippen LogP contribution in [0.25, 0.3) is 0 Å². The summed E-state index contributed by atoms with van der Waals surface area (Å²) in [5.41, 5.74) is 0.770. The Morgan fingerprint density at radius 3 is 2.58 bits per heavy atom. The lowest BCUT2D eigenvalue weighted by Gasteiger charge is -2.37.